The van der Waals surface area contributed by atoms with Crippen LogP contribution in [0.3, 0.4) is 0 Å². The fraction of sp³-hybridized carbons (Fsp3) is 0.500. The Morgan fingerprint density at radius 1 is 1.57 bits per heavy atom. The number of hydrogen-bond acceptors (Lipinski definition) is 2. The van der Waals surface area contributed by atoms with Crippen LogP contribution in [0, 0.1) is 5.92 Å². The Kier molecular flexibility index (Phi) is 3.29. The molecule has 2 nitrogen and oxygen atoms in total. The Hall–Kier alpha value is -0.280. The topological polar surface area (TPSA) is 24.9 Å². The van der Waals surface area contributed by atoms with Crippen LogP contribution in [0.2, 0.25) is 0 Å². The van der Waals surface area contributed by atoms with Gasteiger partial charge in [0.25, 0.3) is 0 Å². The SMILES string of the molecule is ClC(CNc1ccc(Br)cn1)C1CC1. The first-order valence-corrected chi connectivity index (χ1v) is 5.98. The fourth-order valence-electron chi connectivity index (χ4n) is 1.31. The van der Waals surface area contributed by atoms with Crippen molar-refractivity contribution in [1.29, 1.82) is 0 Å². The third kappa shape index (κ3) is 2.85. The van der Waals surface area contributed by atoms with Crippen LogP contribution >= 0.6 is 27.5 Å². The number of alkyl halides is 1. The van der Waals surface area contributed by atoms with Gasteiger partial charge in [-0.1, -0.05) is 0 Å². The molecule has 2 rings (SSSR count). The van der Waals surface area contributed by atoms with Gasteiger partial charge >= 0.3 is 0 Å². The maximum atomic E-state index is 6.16. The molecule has 1 aromatic rings. The summed E-state index contributed by atoms with van der Waals surface area (Å²) in [5, 5.41) is 3.48. The summed E-state index contributed by atoms with van der Waals surface area (Å²) in [4.78, 5) is 4.21. The molecule has 1 heterocycles. The maximum absolute atomic E-state index is 6.16. The molecule has 0 radical (unpaired) electrons. The van der Waals surface area contributed by atoms with Gasteiger partial charge in [-0.25, -0.2) is 4.98 Å². The predicted molar refractivity (Wildman–Crippen MR) is 62.8 cm³/mol. The summed E-state index contributed by atoms with van der Waals surface area (Å²) in [6.07, 6.45) is 4.34. The van der Waals surface area contributed by atoms with E-state index >= 15 is 0 Å². The number of nitrogens with zero attached hydrogens (tertiary/aromatic N) is 1. The summed E-state index contributed by atoms with van der Waals surface area (Å²) in [5.74, 6) is 1.61. The smallest absolute Gasteiger partial charge is 0.126 e. The number of hydrogen-bond donors (Lipinski definition) is 1. The standard InChI is InChI=1S/C10H12BrClN2/c11-8-3-4-10(13-5-8)14-6-9(12)7-1-2-7/h3-5,7,9H,1-2,6H2,(H,13,14). The zero-order valence-corrected chi connectivity index (χ0v) is 10.1. The van der Waals surface area contributed by atoms with Crippen LogP contribution in [0.4, 0.5) is 5.82 Å². The number of anilines is 1. The molecule has 1 fully saturated rings. The minimum atomic E-state index is 0.250. The van der Waals surface area contributed by atoms with Crippen molar-refractivity contribution in [3.05, 3.63) is 22.8 Å². The zero-order valence-electron chi connectivity index (χ0n) is 7.71. The zero-order chi connectivity index (χ0) is 9.97. The van der Waals surface area contributed by atoms with Crippen molar-refractivity contribution in [2.45, 2.75) is 18.2 Å². The maximum Gasteiger partial charge on any atom is 0.126 e. The molecule has 1 aliphatic rings. The van der Waals surface area contributed by atoms with Crippen LogP contribution in [0.1, 0.15) is 12.8 Å². The van der Waals surface area contributed by atoms with Gasteiger partial charge in [-0.2, -0.15) is 0 Å². The van der Waals surface area contributed by atoms with Crippen molar-refractivity contribution in [1.82, 2.24) is 4.98 Å². The average molecular weight is 276 g/mol. The van der Waals surface area contributed by atoms with Crippen molar-refractivity contribution >= 4 is 33.3 Å². The van der Waals surface area contributed by atoms with E-state index in [0.29, 0.717) is 0 Å². The highest BCUT2D eigenvalue weighted by Crippen LogP contribution is 2.35. The average Bonchev–Trinajstić information content (AvgIpc) is 3.00. The van der Waals surface area contributed by atoms with E-state index in [0.717, 1.165) is 22.8 Å². The van der Waals surface area contributed by atoms with Gasteiger partial charge in [0.2, 0.25) is 0 Å². The minimum absolute atomic E-state index is 0.250. The second kappa shape index (κ2) is 4.49. The lowest BCUT2D eigenvalue weighted by atomic mass is 10.3. The molecule has 0 aromatic carbocycles. The fourth-order valence-corrected chi connectivity index (χ4v) is 1.87. The molecule has 1 aliphatic carbocycles. The molecule has 1 unspecified atom stereocenters. The third-order valence-corrected chi connectivity index (χ3v) is 3.32. The molecule has 1 N–H and O–H groups in total. The third-order valence-electron chi connectivity index (χ3n) is 2.34. The Labute approximate surface area is 97.2 Å². The molecule has 1 atom stereocenters. The molecular weight excluding hydrogens is 263 g/mol. The number of pyridine rings is 1. The number of nitrogens with one attached hydrogen (secondary N) is 1. The summed E-state index contributed by atoms with van der Waals surface area (Å²) >= 11 is 9.50. The van der Waals surface area contributed by atoms with Gasteiger partial charge in [-0.3, -0.25) is 0 Å². The Bertz CT molecular complexity index is 297. The Balaban J connectivity index is 1.82. The summed E-state index contributed by atoms with van der Waals surface area (Å²) in [6.45, 7) is 0.806. The normalized spacial score (nSPS) is 17.9. The van der Waals surface area contributed by atoms with E-state index < -0.39 is 0 Å². The Morgan fingerprint density at radius 2 is 2.36 bits per heavy atom. The van der Waals surface area contributed by atoms with Gasteiger partial charge < -0.3 is 5.32 Å². The van der Waals surface area contributed by atoms with E-state index in [2.05, 4.69) is 26.2 Å². The largest absolute Gasteiger partial charge is 0.369 e. The monoisotopic (exact) mass is 274 g/mol. The molecule has 1 saturated carbocycles. The van der Waals surface area contributed by atoms with E-state index in [-0.39, 0.29) is 5.38 Å². The highest BCUT2D eigenvalue weighted by Gasteiger charge is 2.29. The molecule has 0 aliphatic heterocycles. The van der Waals surface area contributed by atoms with Gasteiger partial charge in [0.15, 0.2) is 0 Å². The van der Waals surface area contributed by atoms with Crippen LogP contribution in [0.15, 0.2) is 22.8 Å². The molecule has 76 valence electrons. The molecule has 0 saturated heterocycles. The Morgan fingerprint density at radius 3 is 2.93 bits per heavy atom. The van der Waals surface area contributed by atoms with Crippen LogP contribution in [0.5, 0.6) is 0 Å². The first kappa shape index (κ1) is 10.2. The summed E-state index contributed by atoms with van der Waals surface area (Å²) in [5.41, 5.74) is 0. The van der Waals surface area contributed by atoms with Crippen LogP contribution in [0.25, 0.3) is 0 Å². The van der Waals surface area contributed by atoms with E-state index in [1.54, 1.807) is 6.20 Å². The van der Waals surface area contributed by atoms with Crippen molar-refractivity contribution in [3.8, 4) is 0 Å². The summed E-state index contributed by atoms with van der Waals surface area (Å²) in [7, 11) is 0. The molecule has 4 heteroatoms. The lowest BCUT2D eigenvalue weighted by molar-refractivity contribution is 0.768. The van der Waals surface area contributed by atoms with E-state index in [1.165, 1.54) is 12.8 Å². The van der Waals surface area contributed by atoms with Gasteiger partial charge in [0, 0.05) is 17.2 Å². The second-order valence-electron chi connectivity index (χ2n) is 3.60. The first-order valence-electron chi connectivity index (χ1n) is 4.75. The van der Waals surface area contributed by atoms with Gasteiger partial charge in [0.05, 0.1) is 5.38 Å². The number of rotatable bonds is 4. The minimum Gasteiger partial charge on any atom is -0.369 e. The van der Waals surface area contributed by atoms with Crippen molar-refractivity contribution in [2.75, 3.05) is 11.9 Å². The lowest BCUT2D eigenvalue weighted by Crippen LogP contribution is -2.16. The molecular formula is C10H12BrClN2. The van der Waals surface area contributed by atoms with E-state index in [9.17, 15) is 0 Å². The van der Waals surface area contributed by atoms with Gasteiger partial charge in [-0.05, 0) is 46.8 Å². The second-order valence-corrected chi connectivity index (χ2v) is 5.07. The van der Waals surface area contributed by atoms with Crippen molar-refractivity contribution in [2.24, 2.45) is 5.92 Å². The first-order chi connectivity index (χ1) is 6.75. The van der Waals surface area contributed by atoms with Crippen LogP contribution < -0.4 is 5.32 Å². The summed E-state index contributed by atoms with van der Waals surface area (Å²) < 4.78 is 0.993. The van der Waals surface area contributed by atoms with Gasteiger partial charge in [0.1, 0.15) is 5.82 Å². The molecule has 0 spiro atoms. The van der Waals surface area contributed by atoms with Crippen LogP contribution in [-0.2, 0) is 0 Å². The summed E-state index contributed by atoms with van der Waals surface area (Å²) in [6, 6.07) is 3.91. The molecule has 0 amide bonds. The molecule has 1 aromatic heterocycles. The van der Waals surface area contributed by atoms with Crippen LogP contribution in [-0.4, -0.2) is 16.9 Å². The number of aromatic nitrogens is 1. The van der Waals surface area contributed by atoms with E-state index in [4.69, 9.17) is 11.6 Å². The molecule has 14 heavy (non-hydrogen) atoms. The number of halogens is 2. The van der Waals surface area contributed by atoms with E-state index in [1.807, 2.05) is 12.1 Å². The predicted octanol–water partition coefficient (Wildman–Crippen LogP) is 3.27. The highest BCUT2D eigenvalue weighted by molar-refractivity contribution is 9.10. The van der Waals surface area contributed by atoms with Gasteiger partial charge in [-0.15, -0.1) is 11.6 Å². The molecule has 0 bridgehead atoms. The lowest BCUT2D eigenvalue weighted by Gasteiger charge is -2.09. The quantitative estimate of drug-likeness (QED) is 0.853. The van der Waals surface area contributed by atoms with Crippen molar-refractivity contribution in [3.63, 3.8) is 0 Å². The van der Waals surface area contributed by atoms with Crippen molar-refractivity contribution < 1.29 is 0 Å². The highest BCUT2D eigenvalue weighted by atomic mass is 79.9.